The molecule has 1 aliphatic heterocycles. The first-order chi connectivity index (χ1) is 30.9. The number of nitrogens with two attached hydrogens (primary N) is 1. The van der Waals surface area contributed by atoms with Crippen LogP contribution in [0.15, 0.2) is 49.1 Å². The van der Waals surface area contributed by atoms with Crippen molar-refractivity contribution in [3.63, 3.8) is 0 Å². The molecule has 0 saturated carbocycles. The van der Waals surface area contributed by atoms with Gasteiger partial charge in [0.1, 0.15) is 42.0 Å². The molecule has 370 valence electrons. The molecule has 0 radical (unpaired) electrons. The zero-order valence-corrected chi connectivity index (χ0v) is 39.7. The van der Waals surface area contributed by atoms with E-state index in [9.17, 15) is 62.7 Å². The van der Waals surface area contributed by atoms with Gasteiger partial charge in [0.15, 0.2) is 22.8 Å². The van der Waals surface area contributed by atoms with E-state index < -0.39 is 84.6 Å². The number of imidazole rings is 1. The van der Waals surface area contributed by atoms with Gasteiger partial charge in [0.2, 0.25) is 11.8 Å². The van der Waals surface area contributed by atoms with E-state index in [0.29, 0.717) is 6.42 Å². The third kappa shape index (κ3) is 20.0. The molecule has 3 heterocycles. The van der Waals surface area contributed by atoms with Crippen molar-refractivity contribution >= 4 is 74.9 Å². The molecule has 0 spiro atoms. The molecule has 1 fully saturated rings. The quantitative estimate of drug-likeness (QED) is 0.0300. The number of ether oxygens (including phenoxy) is 1. The van der Waals surface area contributed by atoms with Gasteiger partial charge in [-0.2, -0.15) is 0 Å². The van der Waals surface area contributed by atoms with Crippen LogP contribution in [0.5, 0.6) is 0 Å². The molecule has 25 nitrogen and oxygen atoms in total. The first-order valence-corrected chi connectivity index (χ1v) is 25.8. The molecule has 6 N–H and O–H groups in total. The summed E-state index contributed by atoms with van der Waals surface area (Å²) in [5.74, 6) is -1.61. The van der Waals surface area contributed by atoms with E-state index in [4.69, 9.17) is 10.5 Å². The van der Waals surface area contributed by atoms with Crippen molar-refractivity contribution in [2.75, 3.05) is 37.8 Å². The summed E-state index contributed by atoms with van der Waals surface area (Å²) in [6.45, 7) is 1.97. The molecule has 0 bridgehead atoms. The zero-order valence-electron chi connectivity index (χ0n) is 36.2. The van der Waals surface area contributed by atoms with Crippen molar-refractivity contribution in [2.24, 2.45) is 5.41 Å². The van der Waals surface area contributed by atoms with Gasteiger partial charge >= 0.3 is 0 Å². The number of phosphoric acid groups is 3. The van der Waals surface area contributed by atoms with Crippen LogP contribution < -0.4 is 35.9 Å². The summed E-state index contributed by atoms with van der Waals surface area (Å²) in [6.07, 6.45) is 8.80. The van der Waals surface area contributed by atoms with Crippen LogP contribution in [0.25, 0.3) is 11.2 Å². The van der Waals surface area contributed by atoms with Gasteiger partial charge in [0, 0.05) is 37.1 Å². The molecule has 0 aliphatic carbocycles. The van der Waals surface area contributed by atoms with Gasteiger partial charge in [-0.05, 0) is 32.1 Å². The lowest BCUT2D eigenvalue weighted by Gasteiger charge is -2.36. The van der Waals surface area contributed by atoms with Gasteiger partial charge in [-0.25, -0.2) is 19.3 Å². The Morgan fingerprint density at radius 3 is 2.32 bits per heavy atom. The number of carbonyl (C=O) groups excluding carboxylic acids is 4. The highest BCUT2D eigenvalue weighted by atomic mass is 32.2. The number of ketones is 1. The molecule has 2 amide bonds. The van der Waals surface area contributed by atoms with E-state index >= 15 is 0 Å². The fraction of sp³-hybridized carbons (Fsp3) is 0.595. The molecule has 1 aliphatic rings. The van der Waals surface area contributed by atoms with E-state index in [1.54, 1.807) is 0 Å². The summed E-state index contributed by atoms with van der Waals surface area (Å²) in [6, 6.07) is 0. The van der Waals surface area contributed by atoms with E-state index in [1.165, 1.54) is 13.8 Å². The maximum absolute atomic E-state index is 12.6. The van der Waals surface area contributed by atoms with Crippen LogP contribution in [0, 0.1) is 5.41 Å². The molecule has 7 atom stereocenters. The Labute approximate surface area is 384 Å². The van der Waals surface area contributed by atoms with Crippen LogP contribution in [0.4, 0.5) is 5.82 Å². The van der Waals surface area contributed by atoms with E-state index in [2.05, 4.69) is 74.7 Å². The van der Waals surface area contributed by atoms with Gasteiger partial charge in [0.05, 0.1) is 33.8 Å². The van der Waals surface area contributed by atoms with Crippen molar-refractivity contribution in [1.29, 1.82) is 0 Å². The predicted octanol–water partition coefficient (Wildman–Crippen LogP) is 0.125. The molecule has 29 heteroatoms. The Morgan fingerprint density at radius 1 is 0.970 bits per heavy atom. The van der Waals surface area contributed by atoms with Gasteiger partial charge in [-0.3, -0.25) is 32.9 Å². The summed E-state index contributed by atoms with van der Waals surface area (Å²) in [4.78, 5) is 109. The van der Waals surface area contributed by atoms with Gasteiger partial charge in [-0.1, -0.05) is 69.0 Å². The number of hydrogen-bond acceptors (Lipinski definition) is 23. The lowest BCUT2D eigenvalue weighted by Crippen LogP contribution is -2.46. The molecule has 0 aromatic carbocycles. The largest absolute Gasteiger partial charge is 0.790 e. The lowest BCUT2D eigenvalue weighted by atomic mass is 9.87. The minimum Gasteiger partial charge on any atom is -0.790 e. The highest BCUT2D eigenvalue weighted by Gasteiger charge is 2.47. The molecule has 1 saturated heterocycles. The molecular weight excluding hydrogens is 955 g/mol. The van der Waals surface area contributed by atoms with Crippen molar-refractivity contribution in [3.05, 3.63) is 49.1 Å². The summed E-state index contributed by atoms with van der Waals surface area (Å²) in [7, 11) is -17.7. The molecule has 2 aromatic heterocycles. The Morgan fingerprint density at radius 2 is 1.64 bits per heavy atom. The minimum absolute atomic E-state index is 0.0284. The number of aliphatic hydroxyl groups excluding tert-OH is 2. The third-order valence-electron chi connectivity index (χ3n) is 9.19. The van der Waals surface area contributed by atoms with Crippen LogP contribution in [-0.4, -0.2) is 109 Å². The fourth-order valence-electron chi connectivity index (χ4n) is 5.82. The number of anilines is 1. The van der Waals surface area contributed by atoms with E-state index in [0.717, 1.165) is 54.7 Å². The van der Waals surface area contributed by atoms with Crippen LogP contribution in [0.2, 0.25) is 0 Å². The van der Waals surface area contributed by atoms with Crippen molar-refractivity contribution < 1.29 is 85.3 Å². The maximum Gasteiger partial charge on any atom is 0.274 e. The average Bonchev–Trinajstić information content (AvgIpc) is 3.79. The number of nitrogens with one attached hydrogen (secondary N) is 2. The smallest absolute Gasteiger partial charge is 0.274 e. The predicted molar refractivity (Wildman–Crippen MR) is 229 cm³/mol. The Kier molecular flexibility index (Phi) is 23.1. The SMILES string of the molecule is CC/C=C\C/C=C\C/C=C\CCCC(=O)CC(=O)SCCNC(=O)CCNC(=O)[C@H](O)C(C)(C)COP(=O)([O-])OP(=O)([O-])OC[C@H]1O[C@@H](n2cnc3c(N)ncnc32)[C@H](O)[C@@H]1OP(=O)([O-])[O-]. The second-order valence-corrected chi connectivity index (χ2v) is 20.3. The van der Waals surface area contributed by atoms with E-state index in [1.807, 2.05) is 12.2 Å². The summed E-state index contributed by atoms with van der Waals surface area (Å²) < 4.78 is 60.7. The van der Waals surface area contributed by atoms with E-state index in [-0.39, 0.29) is 66.0 Å². The second kappa shape index (κ2) is 26.9. The number of nitrogen functional groups attached to an aromatic ring is 1. The number of allylic oxidation sites excluding steroid dienone is 6. The summed E-state index contributed by atoms with van der Waals surface area (Å²) >= 11 is 0.899. The van der Waals surface area contributed by atoms with Gasteiger partial charge in [-0.15, -0.1) is 0 Å². The number of thioether (sulfide) groups is 1. The summed E-state index contributed by atoms with van der Waals surface area (Å²) in [5.41, 5.74) is 4.03. The van der Waals surface area contributed by atoms with Crippen molar-refractivity contribution in [1.82, 2.24) is 30.2 Å². The fourth-order valence-corrected chi connectivity index (χ4v) is 9.25. The number of phosphoric ester groups is 3. The molecule has 66 heavy (non-hydrogen) atoms. The number of unbranched alkanes of at least 4 members (excludes halogenated alkanes) is 1. The average molecular weight is 1010 g/mol. The first-order valence-electron chi connectivity index (χ1n) is 20.4. The zero-order chi connectivity index (χ0) is 49.1. The topological polar surface area (TPSA) is 392 Å². The number of aliphatic hydroxyl groups is 2. The van der Waals surface area contributed by atoms with Crippen LogP contribution in [0.1, 0.15) is 78.4 Å². The van der Waals surface area contributed by atoms with Crippen LogP contribution >= 0.6 is 35.2 Å². The lowest BCUT2D eigenvalue weighted by molar-refractivity contribution is -0.347. The van der Waals surface area contributed by atoms with Crippen LogP contribution in [-0.2, 0) is 55.5 Å². The minimum atomic E-state index is -5.94. The Hall–Kier alpha value is -3.55. The highest BCUT2D eigenvalue weighted by Crippen LogP contribution is 2.56. The maximum atomic E-state index is 12.6. The third-order valence-corrected chi connectivity index (χ3v) is 13.1. The molecule has 2 unspecified atom stereocenters. The molecule has 2 aromatic rings. The Bertz CT molecular complexity index is 2190. The first kappa shape index (κ1) is 56.8. The number of amides is 2. The number of carbonyl (C=O) groups is 4. The highest BCUT2D eigenvalue weighted by molar-refractivity contribution is 8.13. The number of nitrogens with zero attached hydrogens (tertiary/aromatic N) is 4. The Balaban J connectivity index is 1.35. The molecule has 3 rings (SSSR count). The number of fused-ring (bicyclic) bond motifs is 1. The summed E-state index contributed by atoms with van der Waals surface area (Å²) in [5, 5.41) is 25.9. The monoisotopic (exact) mass is 1010 g/mol. The number of hydrogen-bond donors (Lipinski definition) is 5. The molecular formula is C37H54N7O18P3S-4. The number of aromatic nitrogens is 4. The van der Waals surface area contributed by atoms with Gasteiger partial charge in [0.25, 0.3) is 15.6 Å². The van der Waals surface area contributed by atoms with Crippen molar-refractivity contribution in [3.8, 4) is 0 Å². The van der Waals surface area contributed by atoms with Gasteiger partial charge < -0.3 is 69.0 Å². The standard InChI is InChI=1S/C37H58N7O18P3S/c1-4-5-6-7-8-9-10-11-12-13-14-15-25(45)20-28(47)66-19-18-39-27(46)16-17-40-35(50)32(49)37(2,3)22-59-65(56,57)62-64(54,55)58-21-26-31(61-63(51,52)53)30(48)36(60-26)44-24-43-29-33(38)41-23-42-34(29)44/h5-6,8-9,11-12,23-24,26,30-32,36,48-49H,4,7,10,13-22H2,1-3H3,(H,39,46)(H,40,50)(H,54,55)(H,56,57)(H2,38,41,42)(H2,51,52,53)/p-4/b6-5-,9-8-,12-11-/t26-,30-,31-,32+,36-/m1/s1. The number of Topliss-reactive ketones (excluding diaryl/α,β-unsaturated/α-hetero) is 1. The normalized spacial score (nSPS) is 20.5. The van der Waals surface area contributed by atoms with Crippen molar-refractivity contribution in [2.45, 2.75) is 103 Å². The number of rotatable bonds is 30. The second-order valence-electron chi connectivity index (χ2n) is 15.1. The van der Waals surface area contributed by atoms with Crippen LogP contribution in [0.3, 0.4) is 0 Å².